The van der Waals surface area contributed by atoms with Gasteiger partial charge in [0.2, 0.25) is 0 Å². The molecular formula is C16H29NO5. The minimum atomic E-state index is -1.03. The number of methoxy groups -OCH3 is 2. The van der Waals surface area contributed by atoms with Crippen LogP contribution < -0.4 is 0 Å². The van der Waals surface area contributed by atoms with Crippen LogP contribution >= 0.6 is 0 Å². The molecule has 0 aliphatic rings. The molecule has 0 heterocycles. The molecule has 0 rings (SSSR count). The summed E-state index contributed by atoms with van der Waals surface area (Å²) in [7, 11) is 2.89. The molecule has 1 atom stereocenters. The Hall–Kier alpha value is -1.69. The minimum absolute atomic E-state index is 0.0482. The summed E-state index contributed by atoms with van der Waals surface area (Å²) in [5, 5.41) is 10.3. The van der Waals surface area contributed by atoms with E-state index in [-0.39, 0.29) is 12.3 Å². The topological polar surface area (TPSA) is 68.2 Å². The molecule has 6 heteroatoms. The lowest BCUT2D eigenvalue weighted by molar-refractivity contribution is 0.0121. The second-order valence-corrected chi connectivity index (χ2v) is 5.78. The average Bonchev–Trinajstić information content (AvgIpc) is 2.41. The van der Waals surface area contributed by atoms with Crippen molar-refractivity contribution in [3.8, 4) is 0 Å². The molecule has 1 N–H and O–H groups in total. The lowest BCUT2D eigenvalue weighted by atomic mass is 10.2. The highest BCUT2D eigenvalue weighted by Gasteiger charge is 2.26. The van der Waals surface area contributed by atoms with Gasteiger partial charge in [-0.15, -0.1) is 0 Å². The number of allylic oxidation sites excluding steroid dienone is 1. The Kier molecular flexibility index (Phi) is 8.63. The first-order chi connectivity index (χ1) is 10.2. The molecule has 0 saturated carbocycles. The van der Waals surface area contributed by atoms with Crippen molar-refractivity contribution in [1.29, 1.82) is 0 Å². The summed E-state index contributed by atoms with van der Waals surface area (Å²) in [5.41, 5.74) is -0.591. The van der Waals surface area contributed by atoms with Crippen LogP contribution in [-0.2, 0) is 14.2 Å². The number of rotatable bonds is 8. The Morgan fingerprint density at radius 1 is 1.32 bits per heavy atom. The maximum Gasteiger partial charge on any atom is 0.410 e. The van der Waals surface area contributed by atoms with Crippen LogP contribution in [0, 0.1) is 0 Å². The molecule has 0 aliphatic heterocycles. The Morgan fingerprint density at radius 3 is 2.27 bits per heavy atom. The fraction of sp³-hybridized carbons (Fsp3) is 0.688. The van der Waals surface area contributed by atoms with Crippen LogP contribution in [0.4, 0.5) is 4.79 Å². The molecule has 0 aromatic heterocycles. The fourth-order valence-corrected chi connectivity index (χ4v) is 1.83. The summed E-state index contributed by atoms with van der Waals surface area (Å²) in [6.07, 6.45) is 0.689. The van der Waals surface area contributed by atoms with Crippen molar-refractivity contribution < 1.29 is 24.1 Å². The molecule has 0 radical (unpaired) electrons. The molecule has 128 valence electrons. The number of aliphatic hydroxyl groups is 1. The highest BCUT2D eigenvalue weighted by atomic mass is 16.6. The number of hydrogen-bond donors (Lipinski definition) is 1. The first-order valence-electron chi connectivity index (χ1n) is 7.30. The van der Waals surface area contributed by atoms with Gasteiger partial charge < -0.3 is 24.2 Å². The summed E-state index contributed by atoms with van der Waals surface area (Å²) in [5.74, 6) is 0.554. The zero-order chi connectivity index (χ0) is 17.3. The predicted octanol–water partition coefficient (Wildman–Crippen LogP) is 2.68. The number of amides is 1. The zero-order valence-electron chi connectivity index (χ0n) is 14.5. The van der Waals surface area contributed by atoms with Gasteiger partial charge in [0.25, 0.3) is 0 Å². The van der Waals surface area contributed by atoms with Crippen LogP contribution in [0.25, 0.3) is 0 Å². The molecule has 0 aromatic carbocycles. The van der Waals surface area contributed by atoms with Crippen LogP contribution in [0.3, 0.4) is 0 Å². The number of nitrogens with zero attached hydrogens (tertiary/aromatic N) is 1. The second kappa shape index (κ2) is 9.35. The van der Waals surface area contributed by atoms with E-state index in [2.05, 4.69) is 6.58 Å². The standard InChI is InChI=1S/C16H29NO5/c1-8-10-17(15(19)22-16(3,4)5)11-12(18)14(21-7)13(9-2)20-6/h9,12,18H,2,8,10-11H2,1,3-7H3/b14-13-. The molecule has 0 bridgehead atoms. The van der Waals surface area contributed by atoms with Crippen molar-refractivity contribution in [2.45, 2.75) is 45.8 Å². The van der Waals surface area contributed by atoms with Gasteiger partial charge in [0.15, 0.2) is 11.5 Å². The fourth-order valence-electron chi connectivity index (χ4n) is 1.83. The summed E-state index contributed by atoms with van der Waals surface area (Å²) >= 11 is 0. The maximum atomic E-state index is 12.2. The van der Waals surface area contributed by atoms with Crippen molar-refractivity contribution in [2.24, 2.45) is 0 Å². The Balaban J connectivity index is 5.12. The Bertz CT molecular complexity index is 398. The van der Waals surface area contributed by atoms with Gasteiger partial charge >= 0.3 is 6.09 Å². The van der Waals surface area contributed by atoms with Crippen LogP contribution in [0.1, 0.15) is 34.1 Å². The van der Waals surface area contributed by atoms with Gasteiger partial charge in [-0.05, 0) is 33.3 Å². The lowest BCUT2D eigenvalue weighted by Crippen LogP contribution is -2.42. The highest BCUT2D eigenvalue weighted by molar-refractivity contribution is 5.68. The molecule has 0 spiro atoms. The van der Waals surface area contributed by atoms with E-state index in [9.17, 15) is 9.90 Å². The van der Waals surface area contributed by atoms with Gasteiger partial charge in [0, 0.05) is 6.54 Å². The normalized spacial score (nSPS) is 13.8. The van der Waals surface area contributed by atoms with E-state index in [4.69, 9.17) is 14.2 Å². The van der Waals surface area contributed by atoms with Crippen LogP contribution in [-0.4, -0.2) is 55.1 Å². The van der Waals surface area contributed by atoms with Gasteiger partial charge in [-0.25, -0.2) is 4.79 Å². The number of carbonyl (C=O) groups excluding carboxylic acids is 1. The molecule has 1 amide bonds. The van der Waals surface area contributed by atoms with Crippen molar-refractivity contribution >= 4 is 6.09 Å². The predicted molar refractivity (Wildman–Crippen MR) is 85.3 cm³/mol. The van der Waals surface area contributed by atoms with E-state index in [0.717, 1.165) is 6.42 Å². The molecule has 22 heavy (non-hydrogen) atoms. The lowest BCUT2D eigenvalue weighted by Gasteiger charge is -2.29. The van der Waals surface area contributed by atoms with Crippen molar-refractivity contribution in [1.82, 2.24) is 4.90 Å². The van der Waals surface area contributed by atoms with Crippen LogP contribution in [0.2, 0.25) is 0 Å². The van der Waals surface area contributed by atoms with Gasteiger partial charge in [-0.3, -0.25) is 0 Å². The van der Waals surface area contributed by atoms with E-state index in [1.807, 2.05) is 6.92 Å². The minimum Gasteiger partial charge on any atom is -0.494 e. The zero-order valence-corrected chi connectivity index (χ0v) is 14.5. The van der Waals surface area contributed by atoms with Crippen LogP contribution in [0.5, 0.6) is 0 Å². The van der Waals surface area contributed by atoms with Gasteiger partial charge in [0.05, 0.1) is 20.8 Å². The smallest absolute Gasteiger partial charge is 0.410 e. The SMILES string of the molecule is C=C/C(OC)=C(/OC)C(O)CN(CCC)C(=O)OC(C)(C)C. The molecule has 0 aromatic rings. The third-order valence-corrected chi connectivity index (χ3v) is 2.71. The monoisotopic (exact) mass is 315 g/mol. The van der Waals surface area contributed by atoms with Gasteiger partial charge in [0.1, 0.15) is 11.7 Å². The Labute approximate surface area is 133 Å². The summed E-state index contributed by atoms with van der Waals surface area (Å²) in [6.45, 7) is 11.5. The van der Waals surface area contributed by atoms with Crippen LogP contribution in [0.15, 0.2) is 24.2 Å². The largest absolute Gasteiger partial charge is 0.494 e. The van der Waals surface area contributed by atoms with E-state index in [1.165, 1.54) is 25.2 Å². The molecule has 1 unspecified atom stereocenters. The van der Waals surface area contributed by atoms with Gasteiger partial charge in [-0.1, -0.05) is 13.5 Å². The summed E-state index contributed by atoms with van der Waals surface area (Å²) in [4.78, 5) is 13.6. The maximum absolute atomic E-state index is 12.2. The number of aliphatic hydroxyl groups excluding tert-OH is 1. The first-order valence-corrected chi connectivity index (χ1v) is 7.30. The van der Waals surface area contributed by atoms with Crippen molar-refractivity contribution in [3.63, 3.8) is 0 Å². The van der Waals surface area contributed by atoms with Crippen molar-refractivity contribution in [2.75, 3.05) is 27.3 Å². The molecule has 0 saturated heterocycles. The van der Waals surface area contributed by atoms with E-state index >= 15 is 0 Å². The molecule has 0 fully saturated rings. The van der Waals surface area contributed by atoms with Gasteiger partial charge in [-0.2, -0.15) is 0 Å². The first kappa shape index (κ1) is 20.3. The summed E-state index contributed by atoms with van der Waals surface area (Å²) in [6, 6.07) is 0. The third-order valence-electron chi connectivity index (χ3n) is 2.71. The quantitative estimate of drug-likeness (QED) is 0.551. The molecule has 6 nitrogen and oxygen atoms in total. The molecular weight excluding hydrogens is 286 g/mol. The number of carbonyl (C=O) groups is 1. The summed E-state index contributed by atoms with van der Waals surface area (Å²) < 4.78 is 15.6. The highest BCUT2D eigenvalue weighted by Crippen LogP contribution is 2.16. The molecule has 0 aliphatic carbocycles. The third kappa shape index (κ3) is 6.85. The average molecular weight is 315 g/mol. The number of ether oxygens (including phenoxy) is 3. The Morgan fingerprint density at radius 2 is 1.91 bits per heavy atom. The second-order valence-electron chi connectivity index (χ2n) is 5.78. The van der Waals surface area contributed by atoms with E-state index < -0.39 is 17.8 Å². The number of hydrogen-bond acceptors (Lipinski definition) is 5. The van der Waals surface area contributed by atoms with E-state index in [0.29, 0.717) is 12.3 Å². The van der Waals surface area contributed by atoms with E-state index in [1.54, 1.807) is 20.8 Å². The van der Waals surface area contributed by atoms with Crippen molar-refractivity contribution in [3.05, 3.63) is 24.2 Å².